The molecule has 0 rings (SSSR count). The maximum Gasteiger partial charge on any atom is 0.226 e. The number of nitriles is 1. The number of hydrogen-bond donors (Lipinski definition) is 0. The summed E-state index contributed by atoms with van der Waals surface area (Å²) in [6, 6.07) is 2.13. The van der Waals surface area contributed by atoms with Crippen LogP contribution < -0.4 is 0 Å². The van der Waals surface area contributed by atoms with Gasteiger partial charge < -0.3 is 4.90 Å². The fourth-order valence-electron chi connectivity index (χ4n) is 1.05. The Morgan fingerprint density at radius 2 is 2.00 bits per heavy atom. The second-order valence-corrected chi connectivity index (χ2v) is 3.53. The van der Waals surface area contributed by atoms with E-state index in [-0.39, 0.29) is 24.4 Å². The van der Waals surface area contributed by atoms with Crippen LogP contribution in [0.2, 0.25) is 0 Å². The summed E-state index contributed by atoms with van der Waals surface area (Å²) in [7, 11) is 0. The van der Waals surface area contributed by atoms with Crippen LogP contribution in [-0.4, -0.2) is 23.4 Å². The van der Waals surface area contributed by atoms with Gasteiger partial charge in [0, 0.05) is 12.0 Å². The maximum absolute atomic E-state index is 11.7. The van der Waals surface area contributed by atoms with Gasteiger partial charge in [-0.15, -0.1) is 0 Å². The number of carbonyl (C=O) groups excluding carboxylic acids is 1. The summed E-state index contributed by atoms with van der Waals surface area (Å²) in [4.78, 5) is 13.3. The van der Waals surface area contributed by atoms with Crippen molar-refractivity contribution >= 4 is 5.91 Å². The second kappa shape index (κ2) is 5.58. The second-order valence-electron chi connectivity index (χ2n) is 3.53. The molecule has 0 saturated carbocycles. The molecule has 74 valence electrons. The zero-order valence-corrected chi connectivity index (χ0v) is 8.87. The Balaban J connectivity index is 4.38. The molecule has 0 fully saturated rings. The Morgan fingerprint density at radius 1 is 1.46 bits per heavy atom. The molecule has 0 N–H and O–H groups in total. The Hall–Kier alpha value is -1.04. The molecular formula is C10H18N2O. The van der Waals surface area contributed by atoms with Crippen LogP contribution in [0.1, 0.15) is 34.1 Å². The number of amides is 1. The van der Waals surface area contributed by atoms with Crippen LogP contribution in [0.15, 0.2) is 0 Å². The van der Waals surface area contributed by atoms with Gasteiger partial charge in [0.25, 0.3) is 0 Å². The first-order chi connectivity index (χ1) is 6.04. The predicted molar refractivity (Wildman–Crippen MR) is 51.9 cm³/mol. The molecule has 0 radical (unpaired) electrons. The van der Waals surface area contributed by atoms with Crippen molar-refractivity contribution in [3.8, 4) is 6.07 Å². The summed E-state index contributed by atoms with van der Waals surface area (Å²) in [5.74, 6) is 0.106. The zero-order chi connectivity index (χ0) is 10.4. The molecule has 0 heterocycles. The van der Waals surface area contributed by atoms with Crippen LogP contribution in [0.25, 0.3) is 0 Å². The average Bonchev–Trinajstić information content (AvgIpc) is 2.11. The van der Waals surface area contributed by atoms with Gasteiger partial charge >= 0.3 is 0 Å². The molecular weight excluding hydrogens is 164 g/mol. The third kappa shape index (κ3) is 3.45. The van der Waals surface area contributed by atoms with Crippen LogP contribution in [-0.2, 0) is 4.79 Å². The average molecular weight is 182 g/mol. The van der Waals surface area contributed by atoms with Gasteiger partial charge in [0.15, 0.2) is 0 Å². The summed E-state index contributed by atoms with van der Waals surface area (Å²) in [5.41, 5.74) is 0. The lowest BCUT2D eigenvalue weighted by molar-refractivity contribution is -0.136. The highest BCUT2D eigenvalue weighted by atomic mass is 16.2. The van der Waals surface area contributed by atoms with E-state index in [0.717, 1.165) is 6.42 Å². The van der Waals surface area contributed by atoms with E-state index in [4.69, 9.17) is 5.26 Å². The molecule has 0 spiro atoms. The molecule has 0 bridgehead atoms. The number of hydrogen-bond acceptors (Lipinski definition) is 2. The first-order valence-electron chi connectivity index (χ1n) is 4.72. The molecule has 0 aliphatic carbocycles. The minimum atomic E-state index is 0.0238. The minimum Gasteiger partial charge on any atom is -0.327 e. The molecule has 0 aliphatic heterocycles. The van der Waals surface area contributed by atoms with Gasteiger partial charge in [-0.2, -0.15) is 5.26 Å². The largest absolute Gasteiger partial charge is 0.327 e. The summed E-state index contributed by atoms with van der Waals surface area (Å²) >= 11 is 0. The van der Waals surface area contributed by atoms with Crippen LogP contribution in [0, 0.1) is 17.2 Å². The molecule has 13 heavy (non-hydrogen) atoms. The highest BCUT2D eigenvalue weighted by molar-refractivity contribution is 5.78. The smallest absolute Gasteiger partial charge is 0.226 e. The lowest BCUT2D eigenvalue weighted by Gasteiger charge is -2.26. The van der Waals surface area contributed by atoms with E-state index in [1.165, 1.54) is 0 Å². The summed E-state index contributed by atoms with van der Waals surface area (Å²) in [6.45, 7) is 7.93. The van der Waals surface area contributed by atoms with Crippen molar-refractivity contribution in [2.24, 2.45) is 5.92 Å². The Labute approximate surface area is 80.3 Å². The van der Waals surface area contributed by atoms with E-state index in [2.05, 4.69) is 0 Å². The molecule has 0 aromatic rings. The van der Waals surface area contributed by atoms with Crippen LogP contribution in [0.4, 0.5) is 0 Å². The molecule has 1 amide bonds. The first kappa shape index (κ1) is 12.0. The topological polar surface area (TPSA) is 44.1 Å². The van der Waals surface area contributed by atoms with Crippen molar-refractivity contribution in [1.29, 1.82) is 5.26 Å². The van der Waals surface area contributed by atoms with Gasteiger partial charge in [-0.1, -0.05) is 13.8 Å². The molecule has 1 atom stereocenters. The standard InChI is InChI=1S/C10H18N2O/c1-5-9(4)10(13)12(7-6-11)8(2)3/h8-9H,5,7H2,1-4H3. The third-order valence-corrected chi connectivity index (χ3v) is 2.18. The quantitative estimate of drug-likeness (QED) is 0.622. The van der Waals surface area contributed by atoms with Crippen molar-refractivity contribution in [1.82, 2.24) is 4.90 Å². The number of rotatable bonds is 4. The fraction of sp³-hybridized carbons (Fsp3) is 0.800. The lowest BCUT2D eigenvalue weighted by Crippen LogP contribution is -2.40. The Kier molecular flexibility index (Phi) is 5.13. The molecule has 0 saturated heterocycles. The molecule has 1 unspecified atom stereocenters. The highest BCUT2D eigenvalue weighted by Crippen LogP contribution is 2.09. The molecule has 3 heteroatoms. The lowest BCUT2D eigenvalue weighted by atomic mass is 10.1. The van der Waals surface area contributed by atoms with Gasteiger partial charge in [0.1, 0.15) is 6.54 Å². The zero-order valence-electron chi connectivity index (χ0n) is 8.87. The van der Waals surface area contributed by atoms with E-state index in [9.17, 15) is 4.79 Å². The highest BCUT2D eigenvalue weighted by Gasteiger charge is 2.20. The van der Waals surface area contributed by atoms with E-state index >= 15 is 0 Å². The van der Waals surface area contributed by atoms with Gasteiger partial charge in [0.2, 0.25) is 5.91 Å². The van der Waals surface area contributed by atoms with E-state index in [1.54, 1.807) is 4.90 Å². The molecule has 0 aromatic heterocycles. The van der Waals surface area contributed by atoms with Crippen LogP contribution in [0.3, 0.4) is 0 Å². The van der Waals surface area contributed by atoms with E-state index in [0.29, 0.717) is 0 Å². The number of carbonyl (C=O) groups is 1. The first-order valence-corrected chi connectivity index (χ1v) is 4.72. The Morgan fingerprint density at radius 3 is 2.31 bits per heavy atom. The summed E-state index contributed by atoms with van der Waals surface area (Å²) in [6.07, 6.45) is 0.827. The fourth-order valence-corrected chi connectivity index (χ4v) is 1.05. The van der Waals surface area contributed by atoms with Crippen LogP contribution >= 0.6 is 0 Å². The summed E-state index contributed by atoms with van der Waals surface area (Å²) < 4.78 is 0. The van der Waals surface area contributed by atoms with Crippen molar-refractivity contribution in [2.45, 2.75) is 40.2 Å². The molecule has 0 aliphatic rings. The van der Waals surface area contributed by atoms with Gasteiger partial charge in [0.05, 0.1) is 6.07 Å². The van der Waals surface area contributed by atoms with E-state index in [1.807, 2.05) is 33.8 Å². The predicted octanol–water partition coefficient (Wildman–Crippen LogP) is 1.79. The normalized spacial score (nSPS) is 12.3. The third-order valence-electron chi connectivity index (χ3n) is 2.18. The van der Waals surface area contributed by atoms with Gasteiger partial charge in [-0.3, -0.25) is 4.79 Å². The van der Waals surface area contributed by atoms with Gasteiger partial charge in [-0.25, -0.2) is 0 Å². The van der Waals surface area contributed by atoms with Gasteiger partial charge in [-0.05, 0) is 20.3 Å². The molecule has 0 aromatic carbocycles. The van der Waals surface area contributed by atoms with Crippen molar-refractivity contribution in [3.63, 3.8) is 0 Å². The van der Waals surface area contributed by atoms with E-state index < -0.39 is 0 Å². The monoisotopic (exact) mass is 182 g/mol. The maximum atomic E-state index is 11.7. The van der Waals surface area contributed by atoms with Crippen molar-refractivity contribution in [2.75, 3.05) is 6.54 Å². The Bertz CT molecular complexity index is 205. The number of nitrogens with zero attached hydrogens (tertiary/aromatic N) is 2. The SMILES string of the molecule is CCC(C)C(=O)N(CC#N)C(C)C. The minimum absolute atomic E-state index is 0.0238. The summed E-state index contributed by atoms with van der Waals surface area (Å²) in [5, 5.41) is 8.55. The van der Waals surface area contributed by atoms with Crippen molar-refractivity contribution < 1.29 is 4.79 Å². The molecule has 3 nitrogen and oxygen atoms in total. The van der Waals surface area contributed by atoms with Crippen LogP contribution in [0.5, 0.6) is 0 Å². The van der Waals surface area contributed by atoms with Crippen molar-refractivity contribution in [3.05, 3.63) is 0 Å².